The molecule has 5 heteroatoms. The molecule has 0 spiro atoms. The Bertz CT molecular complexity index is 395. The van der Waals surface area contributed by atoms with Crippen LogP contribution in [0.25, 0.3) is 0 Å². The van der Waals surface area contributed by atoms with Crippen molar-refractivity contribution in [2.24, 2.45) is 0 Å². The fourth-order valence-corrected chi connectivity index (χ4v) is 1.77. The largest absolute Gasteiger partial charge is 0.481 e. The summed E-state index contributed by atoms with van der Waals surface area (Å²) in [4.78, 5) is 10.3. The number of aliphatic hydroxyl groups excluding tert-OH is 1. The molecule has 1 atom stereocenters. The zero-order valence-corrected chi connectivity index (χ0v) is 11.2. The van der Waals surface area contributed by atoms with Crippen molar-refractivity contribution in [1.82, 2.24) is 0 Å². The van der Waals surface area contributed by atoms with Crippen LogP contribution in [0.5, 0.6) is 0 Å². The Morgan fingerprint density at radius 1 is 1.53 bits per heavy atom. The number of aliphatic hydroxyl groups is 1. The van der Waals surface area contributed by atoms with Crippen molar-refractivity contribution >= 4 is 27.6 Å². The van der Waals surface area contributed by atoms with E-state index in [1.165, 1.54) is 0 Å². The van der Waals surface area contributed by atoms with Crippen LogP contribution in [0.2, 0.25) is 0 Å². The number of aliphatic carboxylic acids is 1. The van der Waals surface area contributed by atoms with Crippen LogP contribution in [0, 0.1) is 6.92 Å². The van der Waals surface area contributed by atoms with E-state index in [0.717, 1.165) is 15.7 Å². The number of benzene rings is 1. The quantitative estimate of drug-likeness (QED) is 0.754. The van der Waals surface area contributed by atoms with Crippen molar-refractivity contribution < 1.29 is 15.0 Å². The van der Waals surface area contributed by atoms with E-state index in [0.29, 0.717) is 6.54 Å². The molecule has 1 aromatic carbocycles. The minimum Gasteiger partial charge on any atom is -0.481 e. The Kier molecular flexibility index (Phi) is 5.44. The summed E-state index contributed by atoms with van der Waals surface area (Å²) in [5.74, 6) is -0.886. The Hall–Kier alpha value is -1.07. The van der Waals surface area contributed by atoms with Crippen molar-refractivity contribution in [3.8, 4) is 0 Å². The number of nitrogens with one attached hydrogen (secondary N) is 1. The first-order valence-corrected chi connectivity index (χ1v) is 6.18. The highest BCUT2D eigenvalue weighted by atomic mass is 79.9. The first-order valence-electron chi connectivity index (χ1n) is 5.39. The molecular formula is C12H16BrNO3. The highest BCUT2D eigenvalue weighted by Gasteiger charge is 2.07. The normalized spacial score (nSPS) is 12.2. The van der Waals surface area contributed by atoms with Crippen LogP contribution in [0.4, 0.5) is 5.69 Å². The molecule has 0 aliphatic carbocycles. The molecule has 17 heavy (non-hydrogen) atoms. The highest BCUT2D eigenvalue weighted by Crippen LogP contribution is 2.20. The first-order chi connectivity index (χ1) is 7.99. The maximum Gasteiger partial charge on any atom is 0.303 e. The molecular weight excluding hydrogens is 286 g/mol. The monoisotopic (exact) mass is 301 g/mol. The fourth-order valence-electron chi connectivity index (χ4n) is 1.40. The zero-order chi connectivity index (χ0) is 12.8. The SMILES string of the molecule is Cc1ccc(Br)cc1NCC(O)CCC(=O)O. The first kappa shape index (κ1) is 14.0. The summed E-state index contributed by atoms with van der Waals surface area (Å²) in [6.45, 7) is 2.32. The predicted octanol–water partition coefficient (Wildman–Crippen LogP) is 2.40. The van der Waals surface area contributed by atoms with Gasteiger partial charge in [0.2, 0.25) is 0 Å². The van der Waals surface area contributed by atoms with Crippen molar-refractivity contribution in [3.05, 3.63) is 28.2 Å². The second kappa shape index (κ2) is 6.61. The number of carboxylic acids is 1. The molecule has 1 aromatic rings. The summed E-state index contributed by atoms with van der Waals surface area (Å²) in [7, 11) is 0. The average molecular weight is 302 g/mol. The third kappa shape index (κ3) is 5.19. The molecule has 0 aromatic heterocycles. The lowest BCUT2D eigenvalue weighted by Crippen LogP contribution is -2.20. The van der Waals surface area contributed by atoms with Crippen LogP contribution in [0.15, 0.2) is 22.7 Å². The second-order valence-corrected chi connectivity index (χ2v) is 4.84. The van der Waals surface area contributed by atoms with Crippen LogP contribution >= 0.6 is 15.9 Å². The number of hydrogen-bond acceptors (Lipinski definition) is 3. The molecule has 0 saturated heterocycles. The molecule has 4 nitrogen and oxygen atoms in total. The van der Waals surface area contributed by atoms with Gasteiger partial charge in [-0.05, 0) is 31.0 Å². The van der Waals surface area contributed by atoms with Gasteiger partial charge in [0.1, 0.15) is 0 Å². The Morgan fingerprint density at radius 2 is 2.24 bits per heavy atom. The number of aryl methyl sites for hydroxylation is 1. The van der Waals surface area contributed by atoms with Crippen molar-refractivity contribution in [2.75, 3.05) is 11.9 Å². The van der Waals surface area contributed by atoms with Gasteiger partial charge in [0.15, 0.2) is 0 Å². The molecule has 0 radical (unpaired) electrons. The molecule has 0 heterocycles. The van der Waals surface area contributed by atoms with E-state index in [1.54, 1.807) is 0 Å². The van der Waals surface area contributed by atoms with Gasteiger partial charge in [-0.2, -0.15) is 0 Å². The molecule has 0 saturated carbocycles. The summed E-state index contributed by atoms with van der Waals surface area (Å²) >= 11 is 3.37. The van der Waals surface area contributed by atoms with E-state index in [-0.39, 0.29) is 12.8 Å². The summed E-state index contributed by atoms with van der Waals surface area (Å²) in [5, 5.41) is 21.2. The minimum absolute atomic E-state index is 0.0136. The van der Waals surface area contributed by atoms with Crippen molar-refractivity contribution in [2.45, 2.75) is 25.9 Å². The van der Waals surface area contributed by atoms with Crippen LogP contribution in [-0.4, -0.2) is 28.8 Å². The van der Waals surface area contributed by atoms with E-state index < -0.39 is 12.1 Å². The van der Waals surface area contributed by atoms with E-state index in [2.05, 4.69) is 21.2 Å². The molecule has 0 aliphatic heterocycles. The van der Waals surface area contributed by atoms with Gasteiger partial charge in [0, 0.05) is 23.1 Å². The predicted molar refractivity (Wildman–Crippen MR) is 70.2 cm³/mol. The van der Waals surface area contributed by atoms with E-state index in [4.69, 9.17) is 5.11 Å². The second-order valence-electron chi connectivity index (χ2n) is 3.93. The number of anilines is 1. The van der Waals surface area contributed by atoms with Gasteiger partial charge in [-0.3, -0.25) is 4.79 Å². The average Bonchev–Trinajstić information content (AvgIpc) is 2.27. The van der Waals surface area contributed by atoms with Crippen molar-refractivity contribution in [1.29, 1.82) is 0 Å². The maximum absolute atomic E-state index is 10.3. The van der Waals surface area contributed by atoms with Gasteiger partial charge < -0.3 is 15.5 Å². The molecule has 3 N–H and O–H groups in total. The number of rotatable bonds is 6. The number of hydrogen-bond donors (Lipinski definition) is 3. The molecule has 1 rings (SSSR count). The maximum atomic E-state index is 10.3. The third-order valence-corrected chi connectivity index (χ3v) is 2.91. The van der Waals surface area contributed by atoms with Crippen molar-refractivity contribution in [3.63, 3.8) is 0 Å². The standard InChI is InChI=1S/C12H16BrNO3/c1-8-2-3-9(13)6-11(8)14-7-10(15)4-5-12(16)17/h2-3,6,10,14-15H,4-5,7H2,1H3,(H,16,17). The molecule has 0 amide bonds. The Morgan fingerprint density at radius 3 is 2.88 bits per heavy atom. The van der Waals surface area contributed by atoms with Gasteiger partial charge in [-0.25, -0.2) is 0 Å². The lowest BCUT2D eigenvalue weighted by atomic mass is 10.1. The van der Waals surface area contributed by atoms with Gasteiger partial charge in [0.25, 0.3) is 0 Å². The summed E-state index contributed by atoms with van der Waals surface area (Å²) in [5.41, 5.74) is 2.02. The molecule has 0 bridgehead atoms. The Labute approximate surface area is 109 Å². The minimum atomic E-state index is -0.886. The molecule has 94 valence electrons. The van der Waals surface area contributed by atoms with Crippen LogP contribution in [0.3, 0.4) is 0 Å². The molecule has 0 aliphatic rings. The summed E-state index contributed by atoms with van der Waals surface area (Å²) in [6, 6.07) is 5.84. The lowest BCUT2D eigenvalue weighted by Gasteiger charge is -2.13. The number of carbonyl (C=O) groups is 1. The number of carboxylic acid groups (broad SMARTS) is 1. The summed E-state index contributed by atoms with van der Waals surface area (Å²) in [6.07, 6.45) is -0.403. The lowest BCUT2D eigenvalue weighted by molar-refractivity contribution is -0.137. The zero-order valence-electron chi connectivity index (χ0n) is 9.61. The van der Waals surface area contributed by atoms with Gasteiger partial charge in [-0.1, -0.05) is 22.0 Å². The topological polar surface area (TPSA) is 69.6 Å². The smallest absolute Gasteiger partial charge is 0.303 e. The fraction of sp³-hybridized carbons (Fsp3) is 0.417. The van der Waals surface area contributed by atoms with Gasteiger partial charge in [0.05, 0.1) is 6.10 Å². The Balaban J connectivity index is 2.44. The van der Waals surface area contributed by atoms with E-state index in [1.807, 2.05) is 25.1 Å². The highest BCUT2D eigenvalue weighted by molar-refractivity contribution is 9.10. The summed E-state index contributed by atoms with van der Waals surface area (Å²) < 4.78 is 0.964. The van der Waals surface area contributed by atoms with Crippen LogP contribution < -0.4 is 5.32 Å². The van der Waals surface area contributed by atoms with E-state index >= 15 is 0 Å². The molecule has 1 unspecified atom stereocenters. The number of halogens is 1. The molecule has 0 fully saturated rings. The van der Waals surface area contributed by atoms with Gasteiger partial charge in [-0.15, -0.1) is 0 Å². The third-order valence-electron chi connectivity index (χ3n) is 2.42. The van der Waals surface area contributed by atoms with Crippen LogP contribution in [-0.2, 0) is 4.79 Å². The van der Waals surface area contributed by atoms with Gasteiger partial charge >= 0.3 is 5.97 Å². The van der Waals surface area contributed by atoms with Crippen LogP contribution in [0.1, 0.15) is 18.4 Å². The van der Waals surface area contributed by atoms with E-state index in [9.17, 15) is 9.90 Å².